The molecule has 0 saturated carbocycles. The normalized spacial score (nSPS) is 27.5. The molecule has 1 aromatic carbocycles. The molecular formula is C18H20N2O. The Balaban J connectivity index is 1.51. The molecule has 2 aliphatic heterocycles. The Hall–Kier alpha value is -1.87. The Bertz CT molecular complexity index is 602. The summed E-state index contributed by atoms with van der Waals surface area (Å²) < 4.78 is 6.24. The van der Waals surface area contributed by atoms with Gasteiger partial charge in [0.1, 0.15) is 11.9 Å². The molecule has 0 aliphatic carbocycles. The third kappa shape index (κ3) is 2.79. The fraction of sp³-hybridized carbons (Fsp3) is 0.389. The minimum Gasteiger partial charge on any atom is -0.490 e. The van der Waals surface area contributed by atoms with Crippen LogP contribution in [0.1, 0.15) is 25.7 Å². The number of aromatic nitrogens is 1. The molecule has 21 heavy (non-hydrogen) atoms. The first-order chi connectivity index (χ1) is 10.4. The summed E-state index contributed by atoms with van der Waals surface area (Å²) in [6.07, 6.45) is 8.92. The summed E-state index contributed by atoms with van der Waals surface area (Å²) in [7, 11) is 0. The van der Waals surface area contributed by atoms with Gasteiger partial charge in [0.2, 0.25) is 0 Å². The van der Waals surface area contributed by atoms with Gasteiger partial charge < -0.3 is 10.1 Å². The molecule has 2 atom stereocenters. The van der Waals surface area contributed by atoms with Crippen molar-refractivity contribution in [3.05, 3.63) is 48.8 Å². The molecule has 2 saturated heterocycles. The van der Waals surface area contributed by atoms with E-state index in [4.69, 9.17) is 4.74 Å². The average molecular weight is 280 g/mol. The maximum atomic E-state index is 6.24. The molecule has 2 aromatic rings. The lowest BCUT2D eigenvalue weighted by molar-refractivity contribution is 0.137. The van der Waals surface area contributed by atoms with Crippen LogP contribution < -0.4 is 10.1 Å². The van der Waals surface area contributed by atoms with Crippen molar-refractivity contribution in [2.45, 2.75) is 43.9 Å². The van der Waals surface area contributed by atoms with Crippen LogP contribution in [0.5, 0.6) is 5.75 Å². The maximum Gasteiger partial charge on any atom is 0.120 e. The molecule has 1 aromatic heterocycles. The van der Waals surface area contributed by atoms with Crippen LogP contribution in [0.3, 0.4) is 0 Å². The van der Waals surface area contributed by atoms with Gasteiger partial charge in [-0.25, -0.2) is 0 Å². The van der Waals surface area contributed by atoms with Gasteiger partial charge in [-0.15, -0.1) is 0 Å². The molecule has 0 radical (unpaired) electrons. The lowest BCUT2D eigenvalue weighted by Crippen LogP contribution is -2.42. The van der Waals surface area contributed by atoms with Crippen molar-refractivity contribution in [1.82, 2.24) is 10.3 Å². The summed E-state index contributed by atoms with van der Waals surface area (Å²) in [6, 6.07) is 13.7. The van der Waals surface area contributed by atoms with Crippen molar-refractivity contribution < 1.29 is 4.74 Å². The van der Waals surface area contributed by atoms with E-state index in [0.717, 1.165) is 29.7 Å². The molecule has 2 unspecified atom stereocenters. The van der Waals surface area contributed by atoms with Gasteiger partial charge in [-0.2, -0.15) is 0 Å². The second-order valence-corrected chi connectivity index (χ2v) is 6.12. The fourth-order valence-corrected chi connectivity index (χ4v) is 3.58. The molecule has 3 heteroatoms. The topological polar surface area (TPSA) is 34.1 Å². The number of nitrogens with zero attached hydrogens (tertiary/aromatic N) is 1. The van der Waals surface area contributed by atoms with E-state index in [0.29, 0.717) is 18.2 Å². The van der Waals surface area contributed by atoms with Gasteiger partial charge in [0, 0.05) is 30.0 Å². The van der Waals surface area contributed by atoms with Crippen molar-refractivity contribution in [3.8, 4) is 16.9 Å². The summed E-state index contributed by atoms with van der Waals surface area (Å²) in [6.45, 7) is 0. The Kier molecular flexibility index (Phi) is 3.36. The third-order valence-corrected chi connectivity index (χ3v) is 4.56. The zero-order valence-corrected chi connectivity index (χ0v) is 12.0. The number of nitrogens with one attached hydrogen (secondary N) is 1. The standard InChI is InChI=1S/C18H20N2O/c1-3-13(14-4-2-8-19-12-14)9-17(5-1)21-18-10-15-6-7-16(11-18)20-15/h1-5,8-9,12,15-16,18,20H,6-7,10-11H2. The van der Waals surface area contributed by atoms with Gasteiger partial charge in [0.25, 0.3) is 0 Å². The Morgan fingerprint density at radius 2 is 1.81 bits per heavy atom. The van der Waals surface area contributed by atoms with E-state index in [2.05, 4.69) is 40.6 Å². The minimum absolute atomic E-state index is 0.355. The number of ether oxygens (including phenoxy) is 1. The first-order valence-electron chi connectivity index (χ1n) is 7.80. The second kappa shape index (κ2) is 5.49. The molecular weight excluding hydrogens is 260 g/mol. The molecule has 2 bridgehead atoms. The van der Waals surface area contributed by atoms with Gasteiger partial charge in [0.15, 0.2) is 0 Å². The Morgan fingerprint density at radius 3 is 2.57 bits per heavy atom. The quantitative estimate of drug-likeness (QED) is 0.935. The van der Waals surface area contributed by atoms with Crippen molar-refractivity contribution in [2.24, 2.45) is 0 Å². The fourth-order valence-electron chi connectivity index (χ4n) is 3.58. The van der Waals surface area contributed by atoms with Crippen molar-refractivity contribution in [1.29, 1.82) is 0 Å². The largest absolute Gasteiger partial charge is 0.490 e. The van der Waals surface area contributed by atoms with E-state index in [9.17, 15) is 0 Å². The number of rotatable bonds is 3. The minimum atomic E-state index is 0.355. The monoisotopic (exact) mass is 280 g/mol. The van der Waals surface area contributed by atoms with Crippen LogP contribution >= 0.6 is 0 Å². The summed E-state index contributed by atoms with van der Waals surface area (Å²) >= 11 is 0. The smallest absolute Gasteiger partial charge is 0.120 e. The summed E-state index contributed by atoms with van der Waals surface area (Å²) in [5, 5.41) is 3.66. The van der Waals surface area contributed by atoms with E-state index in [1.807, 2.05) is 12.3 Å². The van der Waals surface area contributed by atoms with Crippen LogP contribution in [0.15, 0.2) is 48.8 Å². The average Bonchev–Trinajstić information content (AvgIpc) is 2.87. The predicted octanol–water partition coefficient (Wildman–Crippen LogP) is 3.41. The van der Waals surface area contributed by atoms with Crippen molar-refractivity contribution in [3.63, 3.8) is 0 Å². The van der Waals surface area contributed by atoms with E-state index in [-0.39, 0.29) is 0 Å². The summed E-state index contributed by atoms with van der Waals surface area (Å²) in [5.41, 5.74) is 2.30. The lowest BCUT2D eigenvalue weighted by atomic mass is 10.0. The number of hydrogen-bond donors (Lipinski definition) is 1. The number of benzene rings is 1. The van der Waals surface area contributed by atoms with E-state index >= 15 is 0 Å². The van der Waals surface area contributed by atoms with Gasteiger partial charge in [0.05, 0.1) is 0 Å². The van der Waals surface area contributed by atoms with Gasteiger partial charge >= 0.3 is 0 Å². The van der Waals surface area contributed by atoms with Crippen LogP contribution in [-0.4, -0.2) is 23.2 Å². The number of hydrogen-bond acceptors (Lipinski definition) is 3. The van der Waals surface area contributed by atoms with Crippen molar-refractivity contribution >= 4 is 0 Å². The predicted molar refractivity (Wildman–Crippen MR) is 83.3 cm³/mol. The Labute approximate surface area is 125 Å². The molecule has 3 nitrogen and oxygen atoms in total. The molecule has 2 fully saturated rings. The number of piperidine rings is 1. The van der Waals surface area contributed by atoms with Gasteiger partial charge in [-0.3, -0.25) is 4.98 Å². The summed E-state index contributed by atoms with van der Waals surface area (Å²) in [4.78, 5) is 4.19. The summed E-state index contributed by atoms with van der Waals surface area (Å²) in [5.74, 6) is 0.975. The molecule has 108 valence electrons. The molecule has 0 spiro atoms. The second-order valence-electron chi connectivity index (χ2n) is 6.12. The van der Waals surface area contributed by atoms with Crippen LogP contribution in [0, 0.1) is 0 Å². The van der Waals surface area contributed by atoms with Crippen LogP contribution in [0.25, 0.3) is 11.1 Å². The highest BCUT2D eigenvalue weighted by Crippen LogP contribution is 2.31. The molecule has 0 amide bonds. The van der Waals surface area contributed by atoms with E-state index < -0.39 is 0 Å². The zero-order valence-electron chi connectivity index (χ0n) is 12.0. The first-order valence-corrected chi connectivity index (χ1v) is 7.80. The van der Waals surface area contributed by atoms with Crippen molar-refractivity contribution in [2.75, 3.05) is 0 Å². The molecule has 1 N–H and O–H groups in total. The van der Waals surface area contributed by atoms with Crippen LogP contribution in [0.4, 0.5) is 0 Å². The van der Waals surface area contributed by atoms with Crippen LogP contribution in [-0.2, 0) is 0 Å². The highest BCUT2D eigenvalue weighted by molar-refractivity contribution is 5.63. The number of fused-ring (bicyclic) bond motifs is 2. The molecule has 4 rings (SSSR count). The SMILES string of the molecule is c1cncc(-c2cccc(OC3CC4CCC(C3)N4)c2)c1. The zero-order chi connectivity index (χ0) is 14.1. The van der Waals surface area contributed by atoms with E-state index in [1.165, 1.54) is 12.8 Å². The lowest BCUT2D eigenvalue weighted by Gasteiger charge is -2.29. The maximum absolute atomic E-state index is 6.24. The number of pyridine rings is 1. The highest BCUT2D eigenvalue weighted by atomic mass is 16.5. The highest BCUT2D eigenvalue weighted by Gasteiger charge is 2.34. The first kappa shape index (κ1) is 12.8. The van der Waals surface area contributed by atoms with E-state index in [1.54, 1.807) is 6.20 Å². The van der Waals surface area contributed by atoms with Crippen LogP contribution in [0.2, 0.25) is 0 Å². The Morgan fingerprint density at radius 1 is 1.00 bits per heavy atom. The third-order valence-electron chi connectivity index (χ3n) is 4.56. The molecule has 2 aliphatic rings. The van der Waals surface area contributed by atoms with Gasteiger partial charge in [-0.1, -0.05) is 18.2 Å². The van der Waals surface area contributed by atoms with Gasteiger partial charge in [-0.05, 0) is 49.4 Å². The molecule has 3 heterocycles.